The summed E-state index contributed by atoms with van der Waals surface area (Å²) in [6.07, 6.45) is 4.18. The summed E-state index contributed by atoms with van der Waals surface area (Å²) >= 11 is 0. The van der Waals surface area contributed by atoms with Crippen molar-refractivity contribution < 1.29 is 9.13 Å². The van der Waals surface area contributed by atoms with Crippen LogP contribution in [-0.2, 0) is 6.42 Å². The molecule has 0 amide bonds. The van der Waals surface area contributed by atoms with E-state index in [1.54, 1.807) is 12.3 Å². The lowest BCUT2D eigenvalue weighted by Gasteiger charge is -2.15. The van der Waals surface area contributed by atoms with Crippen LogP contribution in [0.2, 0.25) is 0 Å². The highest BCUT2D eigenvalue weighted by molar-refractivity contribution is 5.61. The molecule has 0 aliphatic heterocycles. The van der Waals surface area contributed by atoms with Crippen LogP contribution in [0.4, 0.5) is 10.1 Å². The van der Waals surface area contributed by atoms with Gasteiger partial charge >= 0.3 is 0 Å². The van der Waals surface area contributed by atoms with Crippen LogP contribution >= 0.6 is 0 Å². The number of nitrogen functional groups attached to an aromatic ring is 1. The Labute approximate surface area is 112 Å². The summed E-state index contributed by atoms with van der Waals surface area (Å²) in [5.41, 5.74) is 6.94. The van der Waals surface area contributed by atoms with E-state index >= 15 is 0 Å². The fourth-order valence-corrected chi connectivity index (χ4v) is 1.93. The fraction of sp³-hybridized carbons (Fsp3) is 0.357. The quantitative estimate of drug-likeness (QED) is 0.863. The minimum absolute atomic E-state index is 0.0978. The first-order valence-electron chi connectivity index (χ1n) is 6.31. The lowest BCUT2D eigenvalue weighted by atomic mass is 10.2. The molecule has 19 heavy (non-hydrogen) atoms. The maximum absolute atomic E-state index is 13.8. The van der Waals surface area contributed by atoms with E-state index < -0.39 is 5.82 Å². The van der Waals surface area contributed by atoms with E-state index in [-0.39, 0.29) is 11.9 Å². The number of aromatic nitrogens is 2. The monoisotopic (exact) mass is 263 g/mol. The molecule has 2 rings (SSSR count). The van der Waals surface area contributed by atoms with Gasteiger partial charge in [0.2, 0.25) is 0 Å². The largest absolute Gasteiger partial charge is 0.488 e. The fourth-order valence-electron chi connectivity index (χ4n) is 1.93. The molecule has 102 valence electrons. The number of hydrogen-bond acceptors (Lipinski definition) is 3. The van der Waals surface area contributed by atoms with Gasteiger partial charge in [0, 0.05) is 30.9 Å². The van der Waals surface area contributed by atoms with Crippen LogP contribution < -0.4 is 10.5 Å². The molecule has 1 aromatic carbocycles. The van der Waals surface area contributed by atoms with Gasteiger partial charge in [-0.15, -0.1) is 0 Å². The SMILES string of the molecule is CCc1nccn1-c1cc(OC(C)C)c(F)cc1N. The van der Waals surface area contributed by atoms with Gasteiger partial charge in [0.05, 0.1) is 17.5 Å². The first kappa shape index (κ1) is 13.4. The van der Waals surface area contributed by atoms with Crippen molar-refractivity contribution in [2.45, 2.75) is 33.3 Å². The minimum Gasteiger partial charge on any atom is -0.488 e. The molecule has 5 heteroatoms. The van der Waals surface area contributed by atoms with Gasteiger partial charge in [0.25, 0.3) is 0 Å². The highest BCUT2D eigenvalue weighted by Crippen LogP contribution is 2.28. The lowest BCUT2D eigenvalue weighted by molar-refractivity contribution is 0.231. The zero-order valence-corrected chi connectivity index (χ0v) is 11.4. The maximum atomic E-state index is 13.8. The highest BCUT2D eigenvalue weighted by Gasteiger charge is 2.13. The second-order valence-corrected chi connectivity index (χ2v) is 4.58. The molecule has 0 spiro atoms. The number of nitrogens with zero attached hydrogens (tertiary/aromatic N) is 2. The van der Waals surface area contributed by atoms with Crippen LogP contribution in [0.5, 0.6) is 5.75 Å². The summed E-state index contributed by atoms with van der Waals surface area (Å²) in [6, 6.07) is 2.90. The molecule has 0 aliphatic carbocycles. The molecule has 0 aliphatic rings. The minimum atomic E-state index is -0.451. The van der Waals surface area contributed by atoms with Crippen molar-refractivity contribution in [3.05, 3.63) is 36.2 Å². The third-order valence-electron chi connectivity index (χ3n) is 2.74. The number of rotatable bonds is 4. The summed E-state index contributed by atoms with van der Waals surface area (Å²) < 4.78 is 21.1. The Morgan fingerprint density at radius 3 is 2.79 bits per heavy atom. The Morgan fingerprint density at radius 1 is 1.42 bits per heavy atom. The summed E-state index contributed by atoms with van der Waals surface area (Å²) in [5.74, 6) is 0.622. The van der Waals surface area contributed by atoms with Gasteiger partial charge in [-0.1, -0.05) is 6.92 Å². The van der Waals surface area contributed by atoms with Crippen molar-refractivity contribution in [1.29, 1.82) is 0 Å². The van der Waals surface area contributed by atoms with E-state index in [4.69, 9.17) is 10.5 Å². The predicted molar refractivity (Wildman–Crippen MR) is 73.1 cm³/mol. The second-order valence-electron chi connectivity index (χ2n) is 4.58. The van der Waals surface area contributed by atoms with Crippen molar-refractivity contribution in [2.24, 2.45) is 0 Å². The molecule has 0 radical (unpaired) electrons. The predicted octanol–water partition coefficient (Wildman–Crippen LogP) is 2.94. The van der Waals surface area contributed by atoms with Gasteiger partial charge in [-0.2, -0.15) is 0 Å². The molecule has 0 atom stereocenters. The first-order valence-corrected chi connectivity index (χ1v) is 6.31. The Hall–Kier alpha value is -2.04. The zero-order chi connectivity index (χ0) is 14.0. The molecule has 2 N–H and O–H groups in total. The van der Waals surface area contributed by atoms with Crippen LogP contribution in [0.3, 0.4) is 0 Å². The van der Waals surface area contributed by atoms with E-state index in [2.05, 4.69) is 4.98 Å². The topological polar surface area (TPSA) is 53.1 Å². The first-order chi connectivity index (χ1) is 9.02. The second kappa shape index (κ2) is 5.30. The Kier molecular flexibility index (Phi) is 3.74. The van der Waals surface area contributed by atoms with Crippen LogP contribution in [0.1, 0.15) is 26.6 Å². The van der Waals surface area contributed by atoms with E-state index in [0.717, 1.165) is 12.2 Å². The third-order valence-corrected chi connectivity index (χ3v) is 2.74. The molecule has 0 saturated heterocycles. The van der Waals surface area contributed by atoms with Gasteiger partial charge in [0.1, 0.15) is 5.82 Å². The Morgan fingerprint density at radius 2 is 2.16 bits per heavy atom. The molecular formula is C14H18FN3O. The van der Waals surface area contributed by atoms with Crippen LogP contribution in [0.15, 0.2) is 24.5 Å². The van der Waals surface area contributed by atoms with E-state index in [1.165, 1.54) is 6.07 Å². The van der Waals surface area contributed by atoms with Crippen molar-refractivity contribution in [2.75, 3.05) is 5.73 Å². The number of ether oxygens (including phenoxy) is 1. The number of imidazole rings is 1. The number of anilines is 1. The molecule has 0 bridgehead atoms. The van der Waals surface area contributed by atoms with Gasteiger partial charge in [-0.25, -0.2) is 9.37 Å². The van der Waals surface area contributed by atoms with Gasteiger partial charge < -0.3 is 15.0 Å². The summed E-state index contributed by atoms with van der Waals surface area (Å²) in [7, 11) is 0. The van der Waals surface area contributed by atoms with Crippen molar-refractivity contribution >= 4 is 5.69 Å². The number of nitrogens with two attached hydrogens (primary N) is 1. The zero-order valence-electron chi connectivity index (χ0n) is 11.4. The van der Waals surface area contributed by atoms with Crippen molar-refractivity contribution in [3.8, 4) is 11.4 Å². The molecule has 1 heterocycles. The van der Waals surface area contributed by atoms with Crippen LogP contribution in [-0.4, -0.2) is 15.7 Å². The normalized spacial score (nSPS) is 11.0. The van der Waals surface area contributed by atoms with E-state index in [9.17, 15) is 4.39 Å². The smallest absolute Gasteiger partial charge is 0.167 e. The van der Waals surface area contributed by atoms with Crippen LogP contribution in [0, 0.1) is 5.82 Å². The number of aryl methyl sites for hydroxylation is 1. The molecule has 2 aromatic rings. The molecule has 0 saturated carbocycles. The summed E-state index contributed by atoms with van der Waals surface area (Å²) in [6.45, 7) is 5.71. The maximum Gasteiger partial charge on any atom is 0.167 e. The molecule has 1 aromatic heterocycles. The van der Waals surface area contributed by atoms with Gasteiger partial charge in [-0.3, -0.25) is 0 Å². The molecule has 0 fully saturated rings. The molecular weight excluding hydrogens is 245 g/mol. The molecule has 0 unspecified atom stereocenters. The number of halogens is 1. The van der Waals surface area contributed by atoms with Crippen molar-refractivity contribution in [1.82, 2.24) is 9.55 Å². The van der Waals surface area contributed by atoms with Gasteiger partial charge in [-0.05, 0) is 13.8 Å². The average Bonchev–Trinajstić information content (AvgIpc) is 2.80. The third kappa shape index (κ3) is 2.70. The van der Waals surface area contributed by atoms with Crippen LogP contribution in [0.25, 0.3) is 5.69 Å². The van der Waals surface area contributed by atoms with E-state index in [1.807, 2.05) is 31.5 Å². The van der Waals surface area contributed by atoms with E-state index in [0.29, 0.717) is 11.4 Å². The van der Waals surface area contributed by atoms with Crippen molar-refractivity contribution in [3.63, 3.8) is 0 Å². The summed E-state index contributed by atoms with van der Waals surface area (Å²) in [5, 5.41) is 0. The lowest BCUT2D eigenvalue weighted by Crippen LogP contribution is -2.09. The number of benzene rings is 1. The highest BCUT2D eigenvalue weighted by atomic mass is 19.1. The summed E-state index contributed by atoms with van der Waals surface area (Å²) in [4.78, 5) is 4.24. The Balaban J connectivity index is 2.51. The molecule has 4 nitrogen and oxygen atoms in total. The number of hydrogen-bond donors (Lipinski definition) is 1. The standard InChI is InChI=1S/C14H18FN3O/c1-4-14-17-5-6-18(14)12-8-13(19-9(2)3)10(15)7-11(12)16/h5-9H,4,16H2,1-3H3. The Bertz CT molecular complexity index is 578. The van der Waals surface area contributed by atoms with Gasteiger partial charge in [0.15, 0.2) is 11.6 Å². The average molecular weight is 263 g/mol.